The summed E-state index contributed by atoms with van der Waals surface area (Å²) >= 11 is 6.17. The maximum absolute atomic E-state index is 13.9. The number of hydrogen-bond donors (Lipinski definition) is 2. The summed E-state index contributed by atoms with van der Waals surface area (Å²) < 4.78 is 27.3. The molecule has 3 nitrogen and oxygen atoms in total. The van der Waals surface area contributed by atoms with Gasteiger partial charge in [0.15, 0.2) is 11.6 Å². The molecule has 0 radical (unpaired) electrons. The molecule has 2 aromatic carbocycles. The van der Waals surface area contributed by atoms with Gasteiger partial charge >= 0.3 is 5.97 Å². The Morgan fingerprint density at radius 1 is 1.11 bits per heavy atom. The molecule has 0 unspecified atom stereocenters. The maximum Gasteiger partial charge on any atom is 0.336 e. The molecule has 2 fully saturated rings. The van der Waals surface area contributed by atoms with Gasteiger partial charge in [0.25, 0.3) is 0 Å². The van der Waals surface area contributed by atoms with Crippen LogP contribution in [-0.2, 0) is 0 Å². The molecule has 2 N–H and O–H groups in total. The number of hydrogen-bond acceptors (Lipinski definition) is 2. The van der Waals surface area contributed by atoms with Crippen LogP contribution in [0.15, 0.2) is 30.3 Å². The minimum atomic E-state index is -0.983. The van der Waals surface area contributed by atoms with Gasteiger partial charge in [-0.1, -0.05) is 17.7 Å². The molecule has 2 saturated carbocycles. The Labute approximate surface area is 160 Å². The number of benzene rings is 2. The molecule has 1 heterocycles. The Balaban J connectivity index is 1.69. The first-order valence-corrected chi connectivity index (χ1v) is 9.60. The van der Waals surface area contributed by atoms with Crippen LogP contribution in [-0.4, -0.2) is 11.1 Å². The minimum Gasteiger partial charge on any atom is -0.478 e. The Kier molecular flexibility index (Phi) is 3.73. The molecule has 2 aromatic rings. The van der Waals surface area contributed by atoms with E-state index >= 15 is 0 Å². The normalized spacial score (nSPS) is 30.6. The van der Waals surface area contributed by atoms with Crippen molar-refractivity contribution in [1.82, 2.24) is 0 Å². The van der Waals surface area contributed by atoms with Crippen molar-refractivity contribution in [2.45, 2.75) is 31.2 Å². The van der Waals surface area contributed by atoms with Crippen molar-refractivity contribution < 1.29 is 18.7 Å². The molecule has 27 heavy (non-hydrogen) atoms. The van der Waals surface area contributed by atoms with Gasteiger partial charge in [-0.05, 0) is 78.3 Å². The number of nitrogens with one attached hydrogen (secondary N) is 1. The van der Waals surface area contributed by atoms with Crippen molar-refractivity contribution in [3.63, 3.8) is 0 Å². The third-order valence-electron chi connectivity index (χ3n) is 6.69. The number of carbonyl (C=O) groups is 1. The quantitative estimate of drug-likeness (QED) is 0.701. The predicted molar refractivity (Wildman–Crippen MR) is 98.2 cm³/mol. The summed E-state index contributed by atoms with van der Waals surface area (Å²) in [7, 11) is 0. The van der Waals surface area contributed by atoms with Crippen LogP contribution in [0.25, 0.3) is 0 Å². The van der Waals surface area contributed by atoms with Crippen molar-refractivity contribution in [3.8, 4) is 0 Å². The van der Waals surface area contributed by atoms with Crippen LogP contribution in [0.3, 0.4) is 0 Å². The van der Waals surface area contributed by atoms with Crippen LogP contribution in [0.4, 0.5) is 14.5 Å². The first-order chi connectivity index (χ1) is 12.9. The van der Waals surface area contributed by atoms with E-state index in [2.05, 4.69) is 5.32 Å². The zero-order valence-electron chi connectivity index (χ0n) is 14.4. The fraction of sp³-hybridized carbons (Fsp3) is 0.381. The monoisotopic (exact) mass is 389 g/mol. The summed E-state index contributed by atoms with van der Waals surface area (Å²) in [5.41, 5.74) is 2.46. The molecule has 0 spiro atoms. The Bertz CT molecular complexity index is 963. The first kappa shape index (κ1) is 17.0. The van der Waals surface area contributed by atoms with Gasteiger partial charge in [0, 0.05) is 10.7 Å². The lowest BCUT2D eigenvalue weighted by Crippen LogP contribution is -2.36. The minimum absolute atomic E-state index is 0.0986. The van der Waals surface area contributed by atoms with Crippen molar-refractivity contribution >= 4 is 23.3 Å². The van der Waals surface area contributed by atoms with E-state index < -0.39 is 17.6 Å². The first-order valence-electron chi connectivity index (χ1n) is 9.22. The lowest BCUT2D eigenvalue weighted by Gasteiger charge is -2.44. The van der Waals surface area contributed by atoms with E-state index in [9.17, 15) is 18.7 Å². The van der Waals surface area contributed by atoms with Gasteiger partial charge in [0.05, 0.1) is 11.6 Å². The molecular weight excluding hydrogens is 372 g/mol. The molecule has 1 aliphatic heterocycles. The number of anilines is 1. The van der Waals surface area contributed by atoms with E-state index in [1.54, 1.807) is 12.1 Å². The molecule has 2 aliphatic carbocycles. The molecule has 0 amide bonds. The van der Waals surface area contributed by atoms with Crippen molar-refractivity contribution in [2.24, 2.45) is 17.8 Å². The number of halogens is 3. The van der Waals surface area contributed by atoms with Crippen LogP contribution < -0.4 is 5.32 Å². The second-order valence-corrected chi connectivity index (χ2v) is 8.39. The van der Waals surface area contributed by atoms with Crippen LogP contribution in [0.2, 0.25) is 5.02 Å². The Morgan fingerprint density at radius 3 is 2.63 bits per heavy atom. The standard InChI is InChI=1S/C21H18ClF2NO2/c22-12-7-13(21(26)27)19-16(8-12)25-20(11-3-4-14(23)15(24)6-11)18-10-2-1-9(5-10)17(18)19/h3-4,6-10,17-18,20,25H,1-2,5H2,(H,26,27)/t9-,10-,17+,18-,20+/m0/s1. The molecule has 6 heteroatoms. The lowest BCUT2D eigenvalue weighted by atomic mass is 9.67. The number of carboxylic acids is 1. The number of carboxylic acid groups (broad SMARTS) is 1. The Hall–Kier alpha value is -2.14. The van der Waals surface area contributed by atoms with Crippen LogP contribution >= 0.6 is 11.6 Å². The van der Waals surface area contributed by atoms with E-state index in [-0.39, 0.29) is 23.4 Å². The molecule has 5 rings (SSSR count). The fourth-order valence-electron chi connectivity index (χ4n) is 5.79. The van der Waals surface area contributed by atoms with Crippen LogP contribution in [0.5, 0.6) is 0 Å². The van der Waals surface area contributed by atoms with Gasteiger partial charge in [0.2, 0.25) is 0 Å². The highest BCUT2D eigenvalue weighted by atomic mass is 35.5. The van der Waals surface area contributed by atoms with E-state index in [4.69, 9.17) is 11.6 Å². The molecule has 5 atom stereocenters. The molecule has 2 bridgehead atoms. The zero-order valence-corrected chi connectivity index (χ0v) is 15.1. The number of fused-ring (bicyclic) bond motifs is 7. The van der Waals surface area contributed by atoms with Gasteiger partial charge in [-0.3, -0.25) is 0 Å². The van der Waals surface area contributed by atoms with Crippen molar-refractivity contribution in [2.75, 3.05) is 5.32 Å². The molecule has 3 aliphatic rings. The van der Waals surface area contributed by atoms with E-state index in [1.165, 1.54) is 12.1 Å². The summed E-state index contributed by atoms with van der Waals surface area (Å²) in [6.07, 6.45) is 3.23. The van der Waals surface area contributed by atoms with Crippen molar-refractivity contribution in [1.29, 1.82) is 0 Å². The third kappa shape index (κ3) is 2.48. The maximum atomic E-state index is 13.9. The summed E-state index contributed by atoms with van der Waals surface area (Å²) in [6, 6.07) is 7.11. The van der Waals surface area contributed by atoms with Gasteiger partial charge in [0.1, 0.15) is 0 Å². The predicted octanol–water partition coefficient (Wildman–Crippen LogP) is 5.61. The molecule has 140 valence electrons. The van der Waals surface area contributed by atoms with E-state index in [0.717, 1.165) is 30.9 Å². The summed E-state index contributed by atoms with van der Waals surface area (Å²) in [5.74, 6) is -1.57. The highest BCUT2D eigenvalue weighted by molar-refractivity contribution is 6.31. The summed E-state index contributed by atoms with van der Waals surface area (Å²) in [6.45, 7) is 0. The second kappa shape index (κ2) is 5.93. The Morgan fingerprint density at radius 2 is 1.89 bits per heavy atom. The summed E-state index contributed by atoms with van der Waals surface area (Å²) in [4.78, 5) is 11.9. The SMILES string of the molecule is O=C(O)c1cc(Cl)cc2c1[C@@H]1[C@H]3CC[C@@H](C3)[C@@H]1[C@@H](c1ccc(F)c(F)c1)N2. The fourth-order valence-corrected chi connectivity index (χ4v) is 6.01. The van der Waals surface area contributed by atoms with Gasteiger partial charge in [-0.25, -0.2) is 13.6 Å². The van der Waals surface area contributed by atoms with E-state index in [1.807, 2.05) is 0 Å². The lowest BCUT2D eigenvalue weighted by molar-refractivity contribution is 0.0693. The van der Waals surface area contributed by atoms with Gasteiger partial charge in [-0.2, -0.15) is 0 Å². The van der Waals surface area contributed by atoms with Crippen LogP contribution in [0, 0.1) is 29.4 Å². The average molecular weight is 390 g/mol. The van der Waals surface area contributed by atoms with Gasteiger partial charge < -0.3 is 10.4 Å². The van der Waals surface area contributed by atoms with Crippen molar-refractivity contribution in [3.05, 3.63) is 63.7 Å². The topological polar surface area (TPSA) is 49.3 Å². The molecular formula is C21H18ClF2NO2. The zero-order chi connectivity index (χ0) is 18.9. The smallest absolute Gasteiger partial charge is 0.336 e. The summed E-state index contributed by atoms with van der Waals surface area (Å²) in [5, 5.41) is 13.5. The molecule has 0 saturated heterocycles. The highest BCUT2D eigenvalue weighted by Crippen LogP contribution is 2.64. The largest absolute Gasteiger partial charge is 0.478 e. The third-order valence-corrected chi connectivity index (χ3v) is 6.91. The van der Waals surface area contributed by atoms with Gasteiger partial charge in [-0.15, -0.1) is 0 Å². The van der Waals surface area contributed by atoms with E-state index in [0.29, 0.717) is 28.1 Å². The number of rotatable bonds is 2. The van der Waals surface area contributed by atoms with Crippen LogP contribution in [0.1, 0.15) is 52.7 Å². The molecule has 0 aromatic heterocycles. The highest BCUT2D eigenvalue weighted by Gasteiger charge is 2.54. The second-order valence-electron chi connectivity index (χ2n) is 7.95. The average Bonchev–Trinajstić information content (AvgIpc) is 3.24. The number of aromatic carboxylic acids is 1.